The van der Waals surface area contributed by atoms with E-state index in [4.69, 9.17) is 25.8 Å². The molecule has 0 spiro atoms. The Bertz CT molecular complexity index is 1680. The molecule has 10 nitrogen and oxygen atoms in total. The molecular formula is C40H57ClN4O6S. The number of piperazine rings is 1. The highest BCUT2D eigenvalue weighted by atomic mass is 35.5. The number of anilines is 1. The SMILES string of the molecule is COCCC1[C@@H](C)C/C=C/[C@@](CN2CCN(C)CC2)(OC)[C@@H]2CC[C@H]2CN2CCCCc3cc(Cl)ccc3COc3ccc(cc32)C(=O)NS1(=O)=O. The summed E-state index contributed by atoms with van der Waals surface area (Å²) >= 11 is 6.41. The van der Waals surface area contributed by atoms with Crippen LogP contribution >= 0.6 is 11.6 Å². The first-order valence-electron chi connectivity index (χ1n) is 19.0. The van der Waals surface area contributed by atoms with Crippen molar-refractivity contribution >= 4 is 33.2 Å². The van der Waals surface area contributed by atoms with Gasteiger partial charge < -0.3 is 24.0 Å². The number of likely N-dealkylation sites (N-methyl/N-ethyl adjacent to an activating group) is 1. The van der Waals surface area contributed by atoms with Crippen LogP contribution in [0.1, 0.15) is 66.9 Å². The van der Waals surface area contributed by atoms with Gasteiger partial charge in [-0.05, 0) is 111 Å². The van der Waals surface area contributed by atoms with Crippen molar-refractivity contribution in [3.63, 3.8) is 0 Å². The normalized spacial score (nSPS) is 29.7. The molecule has 5 atom stereocenters. The maximum absolute atomic E-state index is 14.0. The fraction of sp³-hybridized carbons (Fsp3) is 0.625. The number of rotatable bonds is 6. The third kappa shape index (κ3) is 8.99. The van der Waals surface area contributed by atoms with Gasteiger partial charge in [0.1, 0.15) is 18.0 Å². The van der Waals surface area contributed by atoms with Crippen LogP contribution in [0.15, 0.2) is 48.6 Å². The molecule has 0 aromatic heterocycles. The number of carbonyl (C=O) groups is 1. The maximum atomic E-state index is 14.0. The summed E-state index contributed by atoms with van der Waals surface area (Å²) in [6.07, 6.45) is 10.1. The van der Waals surface area contributed by atoms with Crippen LogP contribution in [0.5, 0.6) is 5.75 Å². The highest BCUT2D eigenvalue weighted by Crippen LogP contribution is 2.47. The van der Waals surface area contributed by atoms with E-state index in [0.717, 1.165) is 89.2 Å². The number of amides is 1. The fourth-order valence-electron chi connectivity index (χ4n) is 8.60. The summed E-state index contributed by atoms with van der Waals surface area (Å²) in [5.41, 5.74) is 2.84. The molecule has 1 aliphatic carbocycles. The van der Waals surface area contributed by atoms with Gasteiger partial charge in [0.2, 0.25) is 10.0 Å². The lowest BCUT2D eigenvalue weighted by Gasteiger charge is -2.51. The van der Waals surface area contributed by atoms with Gasteiger partial charge >= 0.3 is 0 Å². The molecule has 3 aliphatic heterocycles. The highest BCUT2D eigenvalue weighted by Gasteiger charge is 2.48. The van der Waals surface area contributed by atoms with E-state index in [1.165, 1.54) is 5.56 Å². The van der Waals surface area contributed by atoms with Crippen molar-refractivity contribution in [1.82, 2.24) is 14.5 Å². The molecular weight excluding hydrogens is 700 g/mol. The molecule has 2 aromatic rings. The largest absolute Gasteiger partial charge is 0.487 e. The lowest BCUT2D eigenvalue weighted by Crippen LogP contribution is -2.58. The fourth-order valence-corrected chi connectivity index (χ4v) is 10.5. The number of nitrogens with one attached hydrogen (secondary N) is 1. The van der Waals surface area contributed by atoms with Gasteiger partial charge in [0.25, 0.3) is 5.91 Å². The van der Waals surface area contributed by atoms with Gasteiger partial charge in [-0.25, -0.2) is 13.1 Å². The second-order valence-corrected chi connectivity index (χ2v) is 17.7. The van der Waals surface area contributed by atoms with Crippen molar-refractivity contribution < 1.29 is 27.4 Å². The van der Waals surface area contributed by atoms with Gasteiger partial charge in [-0.15, -0.1) is 0 Å². The minimum absolute atomic E-state index is 0.267. The molecule has 4 aliphatic rings. The molecule has 1 saturated carbocycles. The number of ether oxygens (including phenoxy) is 3. The zero-order valence-corrected chi connectivity index (χ0v) is 32.9. The summed E-state index contributed by atoms with van der Waals surface area (Å²) in [6, 6.07) is 11.3. The molecule has 2 fully saturated rings. The Hall–Kier alpha value is -2.67. The van der Waals surface area contributed by atoms with E-state index < -0.39 is 26.8 Å². The number of allylic oxidation sites excluding steroid dienone is 1. The van der Waals surface area contributed by atoms with Crippen LogP contribution in [-0.4, -0.2) is 109 Å². The van der Waals surface area contributed by atoms with Crippen molar-refractivity contribution in [3.05, 3.63) is 70.3 Å². The number of carbonyl (C=O) groups excluding carboxylic acids is 1. The predicted molar refractivity (Wildman–Crippen MR) is 207 cm³/mol. The van der Waals surface area contributed by atoms with E-state index in [1.54, 1.807) is 13.2 Å². The summed E-state index contributed by atoms with van der Waals surface area (Å²) in [4.78, 5) is 21.1. The monoisotopic (exact) mass is 756 g/mol. The molecule has 12 heteroatoms. The molecule has 52 heavy (non-hydrogen) atoms. The lowest BCUT2D eigenvalue weighted by atomic mass is 9.63. The summed E-state index contributed by atoms with van der Waals surface area (Å²) in [7, 11) is 1.52. The summed E-state index contributed by atoms with van der Waals surface area (Å²) in [5.74, 6) is 0.380. The summed E-state index contributed by atoms with van der Waals surface area (Å²) < 4.78 is 48.9. The van der Waals surface area contributed by atoms with E-state index in [2.05, 4.69) is 38.6 Å². The van der Waals surface area contributed by atoms with Gasteiger partial charge in [0, 0.05) is 77.2 Å². The lowest BCUT2D eigenvalue weighted by molar-refractivity contribution is -0.0948. The quantitative estimate of drug-likeness (QED) is 0.368. The number of benzene rings is 2. The number of aryl methyl sites for hydroxylation is 1. The van der Waals surface area contributed by atoms with E-state index in [0.29, 0.717) is 29.7 Å². The summed E-state index contributed by atoms with van der Waals surface area (Å²) in [6.45, 7) is 8.90. The van der Waals surface area contributed by atoms with Crippen LogP contribution in [0.3, 0.4) is 0 Å². The molecule has 6 rings (SSSR count). The zero-order chi connectivity index (χ0) is 36.9. The third-order valence-corrected chi connectivity index (χ3v) is 14.2. The van der Waals surface area contributed by atoms with E-state index in [1.807, 2.05) is 44.4 Å². The summed E-state index contributed by atoms with van der Waals surface area (Å²) in [5, 5.41) is -0.110. The maximum Gasteiger partial charge on any atom is 0.264 e. The second-order valence-electron chi connectivity index (χ2n) is 15.4. The molecule has 1 amide bonds. The average molecular weight is 757 g/mol. The molecule has 1 saturated heterocycles. The Morgan fingerprint density at radius 2 is 1.83 bits per heavy atom. The molecule has 2 aromatic carbocycles. The van der Waals surface area contributed by atoms with Crippen LogP contribution in [0.4, 0.5) is 5.69 Å². The van der Waals surface area contributed by atoms with Crippen molar-refractivity contribution in [2.75, 3.05) is 78.6 Å². The van der Waals surface area contributed by atoms with Crippen LogP contribution in [0, 0.1) is 17.8 Å². The first kappa shape index (κ1) is 39.0. The Kier molecular flexibility index (Phi) is 12.9. The topological polar surface area (TPSA) is 101 Å². The Morgan fingerprint density at radius 3 is 2.56 bits per heavy atom. The minimum Gasteiger partial charge on any atom is -0.487 e. The minimum atomic E-state index is -4.05. The molecule has 0 radical (unpaired) electrons. The van der Waals surface area contributed by atoms with Crippen molar-refractivity contribution in [2.24, 2.45) is 17.8 Å². The molecule has 1 unspecified atom stereocenters. The highest BCUT2D eigenvalue weighted by molar-refractivity contribution is 7.90. The smallest absolute Gasteiger partial charge is 0.264 e. The Balaban J connectivity index is 1.41. The first-order chi connectivity index (χ1) is 25.0. The molecule has 286 valence electrons. The molecule has 1 N–H and O–H groups in total. The number of hydrogen-bond donors (Lipinski definition) is 1. The number of nitrogens with zero attached hydrogens (tertiary/aromatic N) is 3. The van der Waals surface area contributed by atoms with E-state index >= 15 is 0 Å². The van der Waals surface area contributed by atoms with Gasteiger partial charge in [0.05, 0.1) is 10.9 Å². The number of fused-ring (bicyclic) bond motifs is 3. The number of sulfonamides is 1. The predicted octanol–water partition coefficient (Wildman–Crippen LogP) is 5.78. The van der Waals surface area contributed by atoms with E-state index in [9.17, 15) is 13.2 Å². The standard InChI is InChI=1S/C40H57ClN4O6S/c1-29-8-7-17-40(50-4,28-44-21-19-43(2)20-22-44)35-14-11-32(35)26-45-18-6-5-9-30-24-34(41)13-10-33(30)27-51-37-15-12-31(25-36(37)45)39(46)42-52(47,48)38(29)16-23-49-3/h7,10,12-13,15,17,24-25,29,32,35,38H,5-6,8-9,11,14,16,18-23,26-28H2,1-4H3,(H,42,46)/b17-7+/t29-,32-,35+,38?,40-/m0/s1. The van der Waals surface area contributed by atoms with Gasteiger partial charge in [-0.3, -0.25) is 9.69 Å². The van der Waals surface area contributed by atoms with Gasteiger partial charge in [-0.1, -0.05) is 36.7 Å². The molecule has 3 heterocycles. The second kappa shape index (κ2) is 17.2. The Morgan fingerprint density at radius 1 is 1.02 bits per heavy atom. The number of hydrogen-bond acceptors (Lipinski definition) is 9. The first-order valence-corrected chi connectivity index (χ1v) is 20.9. The van der Waals surface area contributed by atoms with Crippen molar-refractivity contribution in [1.29, 1.82) is 0 Å². The van der Waals surface area contributed by atoms with E-state index in [-0.39, 0.29) is 30.4 Å². The average Bonchev–Trinajstić information content (AvgIpc) is 3.13. The van der Waals surface area contributed by atoms with Crippen LogP contribution in [0.2, 0.25) is 5.02 Å². The van der Waals surface area contributed by atoms with Crippen LogP contribution in [0.25, 0.3) is 0 Å². The molecule has 2 bridgehead atoms. The van der Waals surface area contributed by atoms with Crippen molar-refractivity contribution in [3.8, 4) is 5.75 Å². The number of methoxy groups -OCH3 is 2. The van der Waals surface area contributed by atoms with Crippen molar-refractivity contribution in [2.45, 2.75) is 69.3 Å². The van der Waals surface area contributed by atoms with Gasteiger partial charge in [0.15, 0.2) is 0 Å². The van der Waals surface area contributed by atoms with Crippen LogP contribution in [-0.2, 0) is 32.5 Å². The zero-order valence-electron chi connectivity index (χ0n) is 31.3. The third-order valence-electron chi connectivity index (χ3n) is 12.0. The van der Waals surface area contributed by atoms with Crippen LogP contribution < -0.4 is 14.4 Å². The number of halogens is 1. The van der Waals surface area contributed by atoms with Gasteiger partial charge in [-0.2, -0.15) is 0 Å². The Labute approximate surface area is 315 Å².